The van der Waals surface area contributed by atoms with E-state index in [0.717, 1.165) is 23.0 Å². The molecule has 0 amide bonds. The number of rotatable bonds is 6. The van der Waals surface area contributed by atoms with Gasteiger partial charge in [-0.1, -0.05) is 35.8 Å². The molecule has 0 aliphatic carbocycles. The summed E-state index contributed by atoms with van der Waals surface area (Å²) in [6.07, 6.45) is 0.756. The first-order chi connectivity index (χ1) is 8.58. The highest BCUT2D eigenvalue weighted by molar-refractivity contribution is 9.10. The molecule has 0 aliphatic rings. The molecule has 0 spiro atoms. The molecule has 0 heterocycles. The van der Waals surface area contributed by atoms with Crippen LogP contribution in [0.4, 0.5) is 0 Å². The quantitative estimate of drug-likeness (QED) is 0.849. The maximum absolute atomic E-state index is 9.02. The van der Waals surface area contributed by atoms with Crippen molar-refractivity contribution in [3.63, 3.8) is 0 Å². The van der Waals surface area contributed by atoms with E-state index in [2.05, 4.69) is 41.2 Å². The average Bonchev–Trinajstić information content (AvgIpc) is 2.35. The second-order valence-electron chi connectivity index (χ2n) is 4.66. The monoisotopic (exact) mass is 310 g/mol. The van der Waals surface area contributed by atoms with Gasteiger partial charge in [-0.25, -0.2) is 0 Å². The molecule has 4 heteroatoms. The Morgan fingerprint density at radius 1 is 1.44 bits per heavy atom. The molecule has 0 aliphatic heterocycles. The molecule has 0 aromatic heterocycles. The number of nitriles is 1. The Balaban J connectivity index is 2.65. The topological polar surface area (TPSA) is 56.0 Å². The van der Waals surface area contributed by atoms with Crippen LogP contribution in [0, 0.1) is 17.2 Å². The fourth-order valence-electron chi connectivity index (χ4n) is 1.81. The van der Waals surface area contributed by atoms with Gasteiger partial charge in [-0.05, 0) is 30.0 Å². The Morgan fingerprint density at radius 3 is 2.67 bits per heavy atom. The van der Waals surface area contributed by atoms with E-state index < -0.39 is 0 Å². The van der Waals surface area contributed by atoms with Crippen molar-refractivity contribution in [2.45, 2.75) is 32.9 Å². The lowest BCUT2D eigenvalue weighted by molar-refractivity contribution is 0.244. The van der Waals surface area contributed by atoms with Gasteiger partial charge in [0.25, 0.3) is 0 Å². The number of nitrogens with one attached hydrogen (secondary N) is 1. The van der Waals surface area contributed by atoms with Gasteiger partial charge in [0.1, 0.15) is 0 Å². The molecule has 0 saturated carbocycles. The molecule has 98 valence electrons. The minimum absolute atomic E-state index is 0.199. The number of hydrogen-bond acceptors (Lipinski definition) is 3. The summed E-state index contributed by atoms with van der Waals surface area (Å²) in [6, 6.07) is 8.01. The van der Waals surface area contributed by atoms with Crippen LogP contribution in [0.15, 0.2) is 22.7 Å². The smallest absolute Gasteiger partial charge is 0.0992 e. The maximum atomic E-state index is 9.02. The molecule has 0 unspecified atom stereocenters. The number of benzene rings is 1. The van der Waals surface area contributed by atoms with E-state index in [1.54, 1.807) is 0 Å². The summed E-state index contributed by atoms with van der Waals surface area (Å²) in [5, 5.41) is 21.3. The van der Waals surface area contributed by atoms with Crippen molar-refractivity contribution in [1.82, 2.24) is 5.32 Å². The zero-order chi connectivity index (χ0) is 13.5. The summed E-state index contributed by atoms with van der Waals surface area (Å²) in [5.41, 5.74) is 1.78. The Hall–Kier alpha value is -0.890. The Bertz CT molecular complexity index is 426. The van der Waals surface area contributed by atoms with Gasteiger partial charge in [0, 0.05) is 23.7 Å². The second kappa shape index (κ2) is 7.52. The van der Waals surface area contributed by atoms with Crippen LogP contribution in [0.5, 0.6) is 0 Å². The van der Waals surface area contributed by atoms with Crippen molar-refractivity contribution < 1.29 is 5.11 Å². The predicted molar refractivity (Wildman–Crippen MR) is 76.0 cm³/mol. The van der Waals surface area contributed by atoms with Gasteiger partial charge in [0.15, 0.2) is 0 Å². The zero-order valence-electron chi connectivity index (χ0n) is 10.8. The van der Waals surface area contributed by atoms with E-state index in [9.17, 15) is 0 Å². The highest BCUT2D eigenvalue weighted by Crippen LogP contribution is 2.19. The average molecular weight is 311 g/mol. The third kappa shape index (κ3) is 4.41. The number of nitrogens with zero attached hydrogens (tertiary/aromatic N) is 1. The molecule has 0 radical (unpaired) electrons. The van der Waals surface area contributed by atoms with Gasteiger partial charge in [-0.15, -0.1) is 0 Å². The predicted octanol–water partition coefficient (Wildman–Crippen LogP) is 2.82. The molecule has 1 atom stereocenters. The fraction of sp³-hybridized carbons (Fsp3) is 0.500. The van der Waals surface area contributed by atoms with Crippen molar-refractivity contribution in [2.75, 3.05) is 6.61 Å². The standard InChI is InChI=1S/C14H19BrN2O/c1-10(2)14(5-6-18)17-9-12-4-3-11(8-16)7-13(12)15/h3-4,7,10,14,17-18H,5-6,9H2,1-2H3/t14-/m0/s1. The summed E-state index contributed by atoms with van der Waals surface area (Å²) in [5.74, 6) is 0.481. The number of hydrogen-bond donors (Lipinski definition) is 2. The lowest BCUT2D eigenvalue weighted by Gasteiger charge is -2.22. The van der Waals surface area contributed by atoms with Gasteiger partial charge in [-0.2, -0.15) is 5.26 Å². The molecular formula is C14H19BrN2O. The van der Waals surface area contributed by atoms with Crippen molar-refractivity contribution >= 4 is 15.9 Å². The summed E-state index contributed by atoms with van der Waals surface area (Å²) in [7, 11) is 0. The van der Waals surface area contributed by atoms with Crippen LogP contribution in [-0.4, -0.2) is 17.8 Å². The van der Waals surface area contributed by atoms with Crippen LogP contribution in [-0.2, 0) is 6.54 Å². The highest BCUT2D eigenvalue weighted by Gasteiger charge is 2.12. The lowest BCUT2D eigenvalue weighted by atomic mass is 10.0. The van der Waals surface area contributed by atoms with Crippen molar-refractivity contribution in [3.05, 3.63) is 33.8 Å². The molecule has 3 nitrogen and oxygen atoms in total. The van der Waals surface area contributed by atoms with Gasteiger partial charge in [0.2, 0.25) is 0 Å². The van der Waals surface area contributed by atoms with Crippen LogP contribution in [0.1, 0.15) is 31.4 Å². The van der Waals surface area contributed by atoms with Crippen LogP contribution in [0.25, 0.3) is 0 Å². The number of halogens is 1. The second-order valence-corrected chi connectivity index (χ2v) is 5.52. The van der Waals surface area contributed by atoms with Crippen LogP contribution >= 0.6 is 15.9 Å². The normalized spacial score (nSPS) is 12.4. The highest BCUT2D eigenvalue weighted by atomic mass is 79.9. The molecular weight excluding hydrogens is 292 g/mol. The fourth-order valence-corrected chi connectivity index (χ4v) is 2.33. The van der Waals surface area contributed by atoms with Crippen molar-refractivity contribution in [1.29, 1.82) is 5.26 Å². The van der Waals surface area contributed by atoms with E-state index in [0.29, 0.717) is 17.5 Å². The van der Waals surface area contributed by atoms with Crippen molar-refractivity contribution in [3.8, 4) is 6.07 Å². The van der Waals surface area contributed by atoms with Gasteiger partial charge < -0.3 is 10.4 Å². The van der Waals surface area contributed by atoms with Crippen LogP contribution in [0.2, 0.25) is 0 Å². The number of aliphatic hydroxyl groups excluding tert-OH is 1. The minimum Gasteiger partial charge on any atom is -0.396 e. The maximum Gasteiger partial charge on any atom is 0.0992 e. The Labute approximate surface area is 117 Å². The van der Waals surface area contributed by atoms with Gasteiger partial charge in [-0.3, -0.25) is 0 Å². The third-order valence-corrected chi connectivity index (χ3v) is 3.72. The molecule has 0 saturated heterocycles. The van der Waals surface area contributed by atoms with Crippen LogP contribution in [0.3, 0.4) is 0 Å². The molecule has 1 rings (SSSR count). The molecule has 0 fully saturated rings. The Morgan fingerprint density at radius 2 is 2.17 bits per heavy atom. The minimum atomic E-state index is 0.199. The number of aliphatic hydroxyl groups is 1. The molecule has 1 aromatic carbocycles. The van der Waals surface area contributed by atoms with Crippen LogP contribution < -0.4 is 5.32 Å². The summed E-state index contributed by atoms with van der Waals surface area (Å²) >= 11 is 3.47. The third-order valence-electron chi connectivity index (χ3n) is 2.98. The summed E-state index contributed by atoms with van der Waals surface area (Å²) in [6.45, 7) is 5.21. The first kappa shape index (κ1) is 15.2. The molecule has 1 aromatic rings. The van der Waals surface area contributed by atoms with E-state index in [-0.39, 0.29) is 6.61 Å². The van der Waals surface area contributed by atoms with E-state index in [4.69, 9.17) is 10.4 Å². The molecule has 18 heavy (non-hydrogen) atoms. The first-order valence-electron chi connectivity index (χ1n) is 6.11. The van der Waals surface area contributed by atoms with Gasteiger partial charge >= 0.3 is 0 Å². The Kier molecular flexibility index (Phi) is 6.34. The summed E-state index contributed by atoms with van der Waals surface area (Å²) < 4.78 is 0.945. The largest absolute Gasteiger partial charge is 0.396 e. The van der Waals surface area contributed by atoms with E-state index in [1.165, 1.54) is 0 Å². The summed E-state index contributed by atoms with van der Waals surface area (Å²) in [4.78, 5) is 0. The first-order valence-corrected chi connectivity index (χ1v) is 6.90. The molecule has 0 bridgehead atoms. The lowest BCUT2D eigenvalue weighted by Crippen LogP contribution is -2.34. The van der Waals surface area contributed by atoms with E-state index in [1.807, 2.05) is 18.2 Å². The van der Waals surface area contributed by atoms with E-state index >= 15 is 0 Å². The van der Waals surface area contributed by atoms with Gasteiger partial charge in [0.05, 0.1) is 11.6 Å². The molecule has 2 N–H and O–H groups in total. The van der Waals surface area contributed by atoms with Crippen molar-refractivity contribution in [2.24, 2.45) is 5.92 Å². The SMILES string of the molecule is CC(C)[C@H](CCO)NCc1ccc(C#N)cc1Br. The zero-order valence-corrected chi connectivity index (χ0v) is 12.4.